The van der Waals surface area contributed by atoms with Crippen molar-refractivity contribution in [3.63, 3.8) is 0 Å². The molecule has 148 valence electrons. The van der Waals surface area contributed by atoms with E-state index in [0.717, 1.165) is 48.5 Å². The lowest BCUT2D eigenvalue weighted by Crippen LogP contribution is -2.37. The van der Waals surface area contributed by atoms with Crippen molar-refractivity contribution in [1.29, 1.82) is 0 Å². The lowest BCUT2D eigenvalue weighted by Gasteiger charge is -2.30. The molecule has 1 aliphatic rings. The van der Waals surface area contributed by atoms with E-state index in [0.29, 0.717) is 12.6 Å². The minimum absolute atomic E-state index is 0.0145. The Morgan fingerprint density at radius 3 is 2.50 bits per heavy atom. The predicted octanol–water partition coefficient (Wildman–Crippen LogP) is 3.59. The SMILES string of the molecule is CCOC(=O)CN=C(c1ccccc1)c1ccccc1NC1CCN(C)CC1. The number of esters is 1. The third-order valence-electron chi connectivity index (χ3n) is 4.98. The van der Waals surface area contributed by atoms with Gasteiger partial charge in [0.05, 0.1) is 12.3 Å². The first kappa shape index (κ1) is 20.1. The first-order valence-electron chi connectivity index (χ1n) is 9.97. The van der Waals surface area contributed by atoms with Crippen LogP contribution in [0.3, 0.4) is 0 Å². The van der Waals surface area contributed by atoms with E-state index in [1.165, 1.54) is 0 Å². The lowest BCUT2D eigenvalue weighted by atomic mass is 9.98. The zero-order valence-corrected chi connectivity index (χ0v) is 16.7. The number of piperidine rings is 1. The number of para-hydroxylation sites is 1. The van der Waals surface area contributed by atoms with Crippen LogP contribution < -0.4 is 5.32 Å². The van der Waals surface area contributed by atoms with Gasteiger partial charge in [-0.3, -0.25) is 9.79 Å². The summed E-state index contributed by atoms with van der Waals surface area (Å²) in [7, 11) is 2.17. The molecule has 1 N–H and O–H groups in total. The van der Waals surface area contributed by atoms with Gasteiger partial charge in [-0.1, -0.05) is 48.5 Å². The van der Waals surface area contributed by atoms with Crippen LogP contribution in [0.5, 0.6) is 0 Å². The molecule has 28 heavy (non-hydrogen) atoms. The Labute approximate surface area is 167 Å². The van der Waals surface area contributed by atoms with Gasteiger partial charge < -0.3 is 15.0 Å². The molecule has 1 saturated heterocycles. The summed E-state index contributed by atoms with van der Waals surface area (Å²) >= 11 is 0. The number of hydrogen-bond acceptors (Lipinski definition) is 5. The summed E-state index contributed by atoms with van der Waals surface area (Å²) in [6, 6.07) is 18.7. The molecule has 5 nitrogen and oxygen atoms in total. The van der Waals surface area contributed by atoms with Crippen LogP contribution in [0.4, 0.5) is 5.69 Å². The molecule has 2 aromatic rings. The Morgan fingerprint density at radius 1 is 1.11 bits per heavy atom. The molecule has 1 heterocycles. The summed E-state index contributed by atoms with van der Waals surface area (Å²) in [6.45, 7) is 4.38. The second kappa shape index (κ2) is 10.0. The molecule has 0 atom stereocenters. The molecule has 0 amide bonds. The molecule has 1 aliphatic heterocycles. The van der Waals surface area contributed by atoms with Crippen molar-refractivity contribution < 1.29 is 9.53 Å². The van der Waals surface area contributed by atoms with Gasteiger partial charge in [0.1, 0.15) is 6.54 Å². The molecule has 0 unspecified atom stereocenters. The molecule has 0 aromatic heterocycles. The summed E-state index contributed by atoms with van der Waals surface area (Å²) in [4.78, 5) is 18.9. The van der Waals surface area contributed by atoms with Crippen LogP contribution in [0.15, 0.2) is 59.6 Å². The molecule has 0 radical (unpaired) electrons. The Bertz CT molecular complexity index is 797. The van der Waals surface area contributed by atoms with Crippen LogP contribution in [-0.2, 0) is 9.53 Å². The maximum atomic E-state index is 11.9. The highest BCUT2D eigenvalue weighted by Crippen LogP contribution is 2.23. The zero-order chi connectivity index (χ0) is 19.8. The molecule has 1 fully saturated rings. The van der Waals surface area contributed by atoms with Crippen LogP contribution in [-0.4, -0.2) is 55.9 Å². The average molecular weight is 380 g/mol. The van der Waals surface area contributed by atoms with Crippen molar-refractivity contribution in [1.82, 2.24) is 4.90 Å². The van der Waals surface area contributed by atoms with Crippen molar-refractivity contribution in [2.24, 2.45) is 4.99 Å². The molecule has 2 aromatic carbocycles. The van der Waals surface area contributed by atoms with E-state index >= 15 is 0 Å². The van der Waals surface area contributed by atoms with Crippen molar-refractivity contribution in [2.45, 2.75) is 25.8 Å². The van der Waals surface area contributed by atoms with Gasteiger partial charge >= 0.3 is 5.97 Å². The number of anilines is 1. The number of benzene rings is 2. The van der Waals surface area contributed by atoms with E-state index in [1.54, 1.807) is 6.92 Å². The van der Waals surface area contributed by atoms with Gasteiger partial charge in [0.25, 0.3) is 0 Å². The van der Waals surface area contributed by atoms with Gasteiger partial charge in [-0.15, -0.1) is 0 Å². The molecule has 5 heteroatoms. The molecule has 0 bridgehead atoms. The summed E-state index contributed by atoms with van der Waals surface area (Å²) < 4.78 is 5.06. The number of nitrogens with one attached hydrogen (secondary N) is 1. The number of ether oxygens (including phenoxy) is 1. The van der Waals surface area contributed by atoms with E-state index in [9.17, 15) is 4.79 Å². The monoisotopic (exact) mass is 379 g/mol. The van der Waals surface area contributed by atoms with E-state index in [1.807, 2.05) is 42.5 Å². The highest BCUT2D eigenvalue weighted by Gasteiger charge is 2.19. The molecule has 0 spiro atoms. The molecular weight excluding hydrogens is 350 g/mol. The number of rotatable bonds is 7. The summed E-state index contributed by atoms with van der Waals surface area (Å²) in [6.07, 6.45) is 2.23. The molecule has 0 saturated carbocycles. The smallest absolute Gasteiger partial charge is 0.327 e. The Kier molecular flexibility index (Phi) is 7.20. The largest absolute Gasteiger partial charge is 0.465 e. The van der Waals surface area contributed by atoms with Crippen molar-refractivity contribution in [3.8, 4) is 0 Å². The fourth-order valence-electron chi connectivity index (χ4n) is 3.47. The third-order valence-corrected chi connectivity index (χ3v) is 4.98. The van der Waals surface area contributed by atoms with Crippen LogP contribution in [0.1, 0.15) is 30.9 Å². The maximum absolute atomic E-state index is 11.9. The van der Waals surface area contributed by atoms with Gasteiger partial charge in [-0.05, 0) is 46.0 Å². The highest BCUT2D eigenvalue weighted by molar-refractivity contribution is 6.16. The Hall–Kier alpha value is -2.66. The van der Waals surface area contributed by atoms with E-state index in [4.69, 9.17) is 4.74 Å². The van der Waals surface area contributed by atoms with Gasteiger partial charge in [0.15, 0.2) is 0 Å². The van der Waals surface area contributed by atoms with E-state index in [2.05, 4.69) is 34.4 Å². The standard InChI is InChI=1S/C23H29N3O2/c1-3-28-22(27)17-24-23(18-9-5-4-6-10-18)20-11-7-8-12-21(20)25-19-13-15-26(2)16-14-19/h4-12,19,25H,3,13-17H2,1-2H3. The zero-order valence-electron chi connectivity index (χ0n) is 16.7. The second-order valence-electron chi connectivity index (χ2n) is 7.10. The normalized spacial score (nSPS) is 16.0. The number of nitrogens with zero attached hydrogens (tertiary/aromatic N) is 2. The number of carbonyl (C=O) groups is 1. The first-order valence-corrected chi connectivity index (χ1v) is 9.97. The van der Waals surface area contributed by atoms with Crippen LogP contribution in [0.25, 0.3) is 0 Å². The predicted molar refractivity (Wildman–Crippen MR) is 114 cm³/mol. The Balaban J connectivity index is 1.89. The highest BCUT2D eigenvalue weighted by atomic mass is 16.5. The minimum atomic E-state index is -0.309. The average Bonchev–Trinajstić information content (AvgIpc) is 2.72. The molecule has 3 rings (SSSR count). The van der Waals surface area contributed by atoms with Crippen molar-refractivity contribution in [2.75, 3.05) is 38.6 Å². The molecular formula is C23H29N3O2. The minimum Gasteiger partial charge on any atom is -0.465 e. The van der Waals surface area contributed by atoms with Crippen LogP contribution >= 0.6 is 0 Å². The third kappa shape index (κ3) is 5.42. The fraction of sp³-hybridized carbons (Fsp3) is 0.391. The second-order valence-corrected chi connectivity index (χ2v) is 7.10. The number of hydrogen-bond donors (Lipinski definition) is 1. The number of aliphatic imine (C=N–C) groups is 1. The summed E-state index contributed by atoms with van der Waals surface area (Å²) in [5.74, 6) is -0.309. The van der Waals surface area contributed by atoms with Crippen molar-refractivity contribution in [3.05, 3.63) is 65.7 Å². The lowest BCUT2D eigenvalue weighted by molar-refractivity contribution is -0.141. The van der Waals surface area contributed by atoms with E-state index < -0.39 is 0 Å². The van der Waals surface area contributed by atoms with Gasteiger partial charge in [-0.2, -0.15) is 0 Å². The Morgan fingerprint density at radius 2 is 1.79 bits per heavy atom. The van der Waals surface area contributed by atoms with Crippen LogP contribution in [0, 0.1) is 0 Å². The van der Waals surface area contributed by atoms with E-state index in [-0.39, 0.29) is 12.5 Å². The summed E-state index contributed by atoms with van der Waals surface area (Å²) in [5, 5.41) is 3.71. The number of carbonyl (C=O) groups excluding carboxylic acids is 1. The maximum Gasteiger partial charge on any atom is 0.327 e. The van der Waals surface area contributed by atoms with Gasteiger partial charge in [-0.25, -0.2) is 0 Å². The summed E-state index contributed by atoms with van der Waals surface area (Å²) in [5.41, 5.74) is 3.87. The fourth-order valence-corrected chi connectivity index (χ4v) is 3.47. The van der Waals surface area contributed by atoms with Crippen LogP contribution in [0.2, 0.25) is 0 Å². The number of likely N-dealkylation sites (tertiary alicyclic amines) is 1. The molecule has 0 aliphatic carbocycles. The van der Waals surface area contributed by atoms with Gasteiger partial charge in [0.2, 0.25) is 0 Å². The quantitative estimate of drug-likeness (QED) is 0.590. The van der Waals surface area contributed by atoms with Crippen molar-refractivity contribution >= 4 is 17.4 Å². The van der Waals surface area contributed by atoms with Gasteiger partial charge in [0, 0.05) is 22.9 Å². The topological polar surface area (TPSA) is 53.9 Å². The first-order chi connectivity index (χ1) is 13.7.